The van der Waals surface area contributed by atoms with Gasteiger partial charge in [0, 0.05) is 18.6 Å². The standard InChI is InChI=1S/C28H32ClN3O4S/c1-5-26(28(34)30-4)31(18-22-11-9-10-14-25(22)29)27(33)19-32(23-16-20(2)15-21(3)17-23)37(35,36)24-12-7-6-8-13-24/h6-17,26H,5,18-19H2,1-4H3,(H,30,34)/t26-/m0/s1. The number of benzene rings is 3. The molecule has 0 saturated heterocycles. The Morgan fingerprint density at radius 3 is 2.11 bits per heavy atom. The van der Waals surface area contributed by atoms with E-state index >= 15 is 0 Å². The van der Waals surface area contributed by atoms with Gasteiger partial charge in [-0.05, 0) is 67.3 Å². The molecule has 0 unspecified atom stereocenters. The van der Waals surface area contributed by atoms with Gasteiger partial charge < -0.3 is 10.2 Å². The summed E-state index contributed by atoms with van der Waals surface area (Å²) in [6.07, 6.45) is 0.338. The lowest BCUT2D eigenvalue weighted by Gasteiger charge is -2.33. The summed E-state index contributed by atoms with van der Waals surface area (Å²) >= 11 is 6.38. The minimum atomic E-state index is -4.10. The molecular formula is C28H32ClN3O4S. The van der Waals surface area contributed by atoms with Crippen LogP contribution in [0.1, 0.15) is 30.0 Å². The Balaban J connectivity index is 2.10. The zero-order valence-corrected chi connectivity index (χ0v) is 23.0. The molecule has 1 atom stereocenters. The van der Waals surface area contributed by atoms with Crippen LogP contribution in [-0.4, -0.2) is 44.8 Å². The number of nitrogens with zero attached hydrogens (tertiary/aromatic N) is 2. The van der Waals surface area contributed by atoms with Crippen LogP contribution in [0.3, 0.4) is 0 Å². The maximum absolute atomic E-state index is 13.9. The molecule has 1 N–H and O–H groups in total. The molecule has 0 aromatic heterocycles. The van der Waals surface area contributed by atoms with Crippen LogP contribution in [0.25, 0.3) is 0 Å². The second kappa shape index (κ2) is 12.3. The van der Waals surface area contributed by atoms with Crippen molar-refractivity contribution in [2.24, 2.45) is 0 Å². The summed E-state index contributed by atoms with van der Waals surface area (Å²) < 4.78 is 28.7. The van der Waals surface area contributed by atoms with E-state index in [0.29, 0.717) is 22.7 Å². The number of hydrogen-bond acceptors (Lipinski definition) is 4. The molecule has 3 aromatic carbocycles. The SMILES string of the molecule is CC[C@@H](C(=O)NC)N(Cc1ccccc1Cl)C(=O)CN(c1cc(C)cc(C)c1)S(=O)(=O)c1ccccc1. The molecule has 7 nitrogen and oxygen atoms in total. The summed E-state index contributed by atoms with van der Waals surface area (Å²) in [5.74, 6) is -0.860. The molecule has 0 saturated carbocycles. The lowest BCUT2D eigenvalue weighted by molar-refractivity contribution is -0.140. The van der Waals surface area contributed by atoms with E-state index in [1.54, 1.807) is 61.5 Å². The first kappa shape index (κ1) is 28.2. The Bertz CT molecular complexity index is 1340. The Hall–Kier alpha value is -3.36. The van der Waals surface area contributed by atoms with Crippen molar-refractivity contribution < 1.29 is 18.0 Å². The fraction of sp³-hybridized carbons (Fsp3) is 0.286. The summed E-state index contributed by atoms with van der Waals surface area (Å²) in [5.41, 5.74) is 2.75. The Kier molecular flexibility index (Phi) is 9.34. The highest BCUT2D eigenvalue weighted by molar-refractivity contribution is 7.92. The quantitative estimate of drug-likeness (QED) is 0.403. The number of likely N-dealkylation sites (N-methyl/N-ethyl adjacent to an activating group) is 1. The van der Waals surface area contributed by atoms with Gasteiger partial charge in [-0.1, -0.05) is 61.0 Å². The van der Waals surface area contributed by atoms with E-state index in [1.165, 1.54) is 24.1 Å². The Morgan fingerprint density at radius 1 is 0.946 bits per heavy atom. The minimum Gasteiger partial charge on any atom is -0.357 e. The van der Waals surface area contributed by atoms with Crippen LogP contribution in [0.15, 0.2) is 77.7 Å². The maximum Gasteiger partial charge on any atom is 0.264 e. The van der Waals surface area contributed by atoms with Crippen LogP contribution in [0.5, 0.6) is 0 Å². The molecule has 0 aliphatic carbocycles. The second-order valence-corrected chi connectivity index (χ2v) is 11.1. The van der Waals surface area contributed by atoms with Gasteiger partial charge in [-0.25, -0.2) is 8.42 Å². The molecule has 3 rings (SSSR count). The molecule has 0 spiro atoms. The third-order valence-electron chi connectivity index (χ3n) is 6.04. The fourth-order valence-corrected chi connectivity index (χ4v) is 5.85. The molecule has 0 heterocycles. The number of nitrogens with one attached hydrogen (secondary N) is 1. The Morgan fingerprint density at radius 2 is 1.54 bits per heavy atom. The molecule has 3 aromatic rings. The van der Waals surface area contributed by atoms with Crippen molar-refractivity contribution in [3.63, 3.8) is 0 Å². The molecular weight excluding hydrogens is 510 g/mol. The van der Waals surface area contributed by atoms with Gasteiger partial charge in [0.05, 0.1) is 10.6 Å². The van der Waals surface area contributed by atoms with Gasteiger partial charge in [0.25, 0.3) is 10.0 Å². The number of aryl methyl sites for hydroxylation is 2. The van der Waals surface area contributed by atoms with Crippen molar-refractivity contribution in [1.29, 1.82) is 0 Å². The van der Waals surface area contributed by atoms with Crippen molar-refractivity contribution >= 4 is 39.1 Å². The molecule has 0 radical (unpaired) electrons. The van der Waals surface area contributed by atoms with E-state index in [1.807, 2.05) is 19.9 Å². The van der Waals surface area contributed by atoms with Gasteiger partial charge in [0.15, 0.2) is 0 Å². The van der Waals surface area contributed by atoms with Gasteiger partial charge >= 0.3 is 0 Å². The number of amides is 2. The molecule has 2 amide bonds. The Labute approximate surface area is 224 Å². The first-order valence-electron chi connectivity index (χ1n) is 12.0. The van der Waals surface area contributed by atoms with Crippen LogP contribution in [0.4, 0.5) is 5.69 Å². The highest BCUT2D eigenvalue weighted by atomic mass is 35.5. The van der Waals surface area contributed by atoms with Crippen molar-refractivity contribution in [2.75, 3.05) is 17.9 Å². The topological polar surface area (TPSA) is 86.8 Å². The summed E-state index contributed by atoms with van der Waals surface area (Å²) in [6, 6.07) is 19.6. The molecule has 9 heteroatoms. The van der Waals surface area contributed by atoms with Gasteiger partial charge in [-0.2, -0.15) is 0 Å². The molecule has 37 heavy (non-hydrogen) atoms. The number of rotatable bonds is 10. The van der Waals surface area contributed by atoms with E-state index < -0.39 is 28.5 Å². The molecule has 0 aliphatic rings. The first-order valence-corrected chi connectivity index (χ1v) is 13.8. The largest absolute Gasteiger partial charge is 0.357 e. The van der Waals surface area contributed by atoms with Crippen molar-refractivity contribution in [3.05, 3.63) is 94.5 Å². The number of carbonyl (C=O) groups is 2. The number of anilines is 1. The van der Waals surface area contributed by atoms with E-state index in [0.717, 1.165) is 15.4 Å². The summed E-state index contributed by atoms with van der Waals surface area (Å²) in [6.45, 7) is 5.10. The monoisotopic (exact) mass is 541 g/mol. The first-order chi connectivity index (χ1) is 17.6. The molecule has 196 valence electrons. The highest BCUT2D eigenvalue weighted by Crippen LogP contribution is 2.27. The summed E-state index contributed by atoms with van der Waals surface area (Å²) in [5, 5.41) is 3.06. The molecule has 0 bridgehead atoms. The average molecular weight is 542 g/mol. The fourth-order valence-electron chi connectivity index (χ4n) is 4.24. The van der Waals surface area contributed by atoms with E-state index in [9.17, 15) is 18.0 Å². The summed E-state index contributed by atoms with van der Waals surface area (Å²) in [7, 11) is -2.59. The van der Waals surface area contributed by atoms with E-state index in [-0.39, 0.29) is 17.3 Å². The van der Waals surface area contributed by atoms with Crippen LogP contribution in [0, 0.1) is 13.8 Å². The van der Waals surface area contributed by atoms with Crippen LogP contribution >= 0.6 is 11.6 Å². The highest BCUT2D eigenvalue weighted by Gasteiger charge is 2.33. The van der Waals surface area contributed by atoms with Crippen molar-refractivity contribution in [2.45, 2.75) is 44.7 Å². The predicted molar refractivity (Wildman–Crippen MR) is 147 cm³/mol. The van der Waals surface area contributed by atoms with Gasteiger partial charge in [0.2, 0.25) is 11.8 Å². The molecule has 0 fully saturated rings. The van der Waals surface area contributed by atoms with Crippen LogP contribution in [-0.2, 0) is 26.2 Å². The van der Waals surface area contributed by atoms with Crippen molar-refractivity contribution in [3.8, 4) is 0 Å². The van der Waals surface area contributed by atoms with E-state index in [4.69, 9.17) is 11.6 Å². The number of carbonyl (C=O) groups excluding carboxylic acids is 2. The van der Waals surface area contributed by atoms with E-state index in [2.05, 4.69) is 5.32 Å². The zero-order chi connectivity index (χ0) is 27.2. The number of sulfonamides is 1. The minimum absolute atomic E-state index is 0.0521. The third-order valence-corrected chi connectivity index (χ3v) is 8.19. The smallest absolute Gasteiger partial charge is 0.264 e. The second-order valence-electron chi connectivity index (χ2n) is 8.82. The average Bonchev–Trinajstić information content (AvgIpc) is 2.87. The predicted octanol–water partition coefficient (Wildman–Crippen LogP) is 4.71. The zero-order valence-electron chi connectivity index (χ0n) is 21.4. The normalized spacial score (nSPS) is 12.0. The van der Waals surface area contributed by atoms with Crippen molar-refractivity contribution in [1.82, 2.24) is 10.2 Å². The summed E-state index contributed by atoms with van der Waals surface area (Å²) in [4.78, 5) is 28.1. The number of hydrogen-bond donors (Lipinski definition) is 1. The lowest BCUT2D eigenvalue weighted by Crippen LogP contribution is -2.51. The number of halogens is 1. The van der Waals surface area contributed by atoms with Crippen LogP contribution < -0.4 is 9.62 Å². The van der Waals surface area contributed by atoms with Gasteiger partial charge in [-0.15, -0.1) is 0 Å². The van der Waals surface area contributed by atoms with Gasteiger partial charge in [-0.3, -0.25) is 13.9 Å². The maximum atomic E-state index is 13.9. The third kappa shape index (κ3) is 6.70. The molecule has 0 aliphatic heterocycles. The van der Waals surface area contributed by atoms with Crippen LogP contribution in [0.2, 0.25) is 5.02 Å². The van der Waals surface area contributed by atoms with Gasteiger partial charge in [0.1, 0.15) is 12.6 Å². The lowest BCUT2D eigenvalue weighted by atomic mass is 10.1.